The molecule has 1 heterocycles. The van der Waals surface area contributed by atoms with E-state index in [-0.39, 0.29) is 47.7 Å². The molecule has 1 saturated heterocycles. The number of aliphatic imine (C=N–C) groups is 1. The standard InChI is InChI=1S/C18H27FN4O2.HI/c1-21-18(23-9-3-4-13(12-23)10-17(20)24)22-11-16(25-2)14-5-7-15(19)8-6-14;/h5-8,13,16H,3-4,9-12H2,1-2H3,(H2,20,24)(H,21,22);1H. The SMILES string of the molecule is CN=C(NCC(OC)c1ccc(F)cc1)N1CCCC(CC(N)=O)C1.I. The van der Waals surface area contributed by atoms with E-state index in [1.165, 1.54) is 12.1 Å². The molecule has 2 unspecified atom stereocenters. The van der Waals surface area contributed by atoms with Crippen molar-refractivity contribution >= 4 is 35.8 Å². The highest BCUT2D eigenvalue weighted by atomic mass is 127. The molecule has 0 aliphatic carbocycles. The van der Waals surface area contributed by atoms with Crippen LogP contribution in [0.3, 0.4) is 0 Å². The van der Waals surface area contributed by atoms with Crippen LogP contribution in [0.1, 0.15) is 30.9 Å². The van der Waals surface area contributed by atoms with Crippen LogP contribution in [0.5, 0.6) is 0 Å². The number of halogens is 2. The van der Waals surface area contributed by atoms with E-state index in [1.807, 2.05) is 0 Å². The molecular formula is C18H28FIN4O2. The number of rotatable bonds is 6. The van der Waals surface area contributed by atoms with Gasteiger partial charge >= 0.3 is 0 Å². The highest BCUT2D eigenvalue weighted by Crippen LogP contribution is 2.20. The zero-order valence-electron chi connectivity index (χ0n) is 15.3. The van der Waals surface area contributed by atoms with Gasteiger partial charge in [-0.25, -0.2) is 4.39 Å². The van der Waals surface area contributed by atoms with Crippen LogP contribution in [-0.2, 0) is 9.53 Å². The van der Waals surface area contributed by atoms with Crippen LogP contribution < -0.4 is 11.1 Å². The Morgan fingerprint density at radius 2 is 2.15 bits per heavy atom. The summed E-state index contributed by atoms with van der Waals surface area (Å²) in [5, 5.41) is 3.32. The zero-order valence-corrected chi connectivity index (χ0v) is 17.6. The summed E-state index contributed by atoms with van der Waals surface area (Å²) in [6.07, 6.45) is 2.21. The number of hydrogen-bond donors (Lipinski definition) is 2. The van der Waals surface area contributed by atoms with Crippen molar-refractivity contribution in [1.82, 2.24) is 10.2 Å². The molecule has 2 atom stereocenters. The van der Waals surface area contributed by atoms with E-state index in [2.05, 4.69) is 15.2 Å². The first-order valence-corrected chi connectivity index (χ1v) is 8.55. The van der Waals surface area contributed by atoms with Crippen LogP contribution in [0.2, 0.25) is 0 Å². The van der Waals surface area contributed by atoms with E-state index in [0.29, 0.717) is 13.0 Å². The molecule has 1 amide bonds. The molecule has 0 aromatic heterocycles. The summed E-state index contributed by atoms with van der Waals surface area (Å²) in [6.45, 7) is 2.17. The van der Waals surface area contributed by atoms with Crippen molar-refractivity contribution in [3.63, 3.8) is 0 Å². The Labute approximate surface area is 171 Å². The van der Waals surface area contributed by atoms with Gasteiger partial charge in [-0.1, -0.05) is 12.1 Å². The van der Waals surface area contributed by atoms with Gasteiger partial charge in [0.2, 0.25) is 5.91 Å². The second-order valence-corrected chi connectivity index (χ2v) is 6.33. The largest absolute Gasteiger partial charge is 0.375 e. The molecular weight excluding hydrogens is 450 g/mol. The van der Waals surface area contributed by atoms with E-state index < -0.39 is 0 Å². The molecule has 8 heteroatoms. The molecule has 1 aliphatic rings. The maximum Gasteiger partial charge on any atom is 0.217 e. The van der Waals surface area contributed by atoms with Crippen molar-refractivity contribution in [1.29, 1.82) is 0 Å². The van der Waals surface area contributed by atoms with Crippen LogP contribution in [0, 0.1) is 11.7 Å². The molecule has 2 rings (SSSR count). The minimum atomic E-state index is -0.267. The molecule has 6 nitrogen and oxygen atoms in total. The van der Waals surface area contributed by atoms with Crippen LogP contribution in [-0.4, -0.2) is 50.6 Å². The summed E-state index contributed by atoms with van der Waals surface area (Å²) in [4.78, 5) is 17.6. The van der Waals surface area contributed by atoms with Crippen molar-refractivity contribution in [2.75, 3.05) is 33.8 Å². The van der Waals surface area contributed by atoms with Crippen molar-refractivity contribution in [2.24, 2.45) is 16.6 Å². The molecule has 3 N–H and O–H groups in total. The zero-order chi connectivity index (χ0) is 18.2. The molecule has 1 aliphatic heterocycles. The second kappa shape index (κ2) is 11.3. The van der Waals surface area contributed by atoms with E-state index in [1.54, 1.807) is 26.3 Å². The highest BCUT2D eigenvalue weighted by molar-refractivity contribution is 14.0. The summed E-state index contributed by atoms with van der Waals surface area (Å²) in [6, 6.07) is 6.29. The van der Waals surface area contributed by atoms with Gasteiger partial charge in [0, 0.05) is 40.2 Å². The number of amides is 1. The topological polar surface area (TPSA) is 80.0 Å². The predicted molar refractivity (Wildman–Crippen MR) is 111 cm³/mol. The Morgan fingerprint density at radius 3 is 2.73 bits per heavy atom. The van der Waals surface area contributed by atoms with Gasteiger partial charge < -0.3 is 20.7 Å². The number of nitrogens with two attached hydrogens (primary N) is 1. The Kier molecular flexibility index (Phi) is 9.85. The van der Waals surface area contributed by atoms with Crippen molar-refractivity contribution in [3.05, 3.63) is 35.6 Å². The van der Waals surface area contributed by atoms with Gasteiger partial charge in [0.25, 0.3) is 0 Å². The summed E-state index contributed by atoms with van der Waals surface area (Å²) in [7, 11) is 3.36. The molecule has 0 saturated carbocycles. The van der Waals surface area contributed by atoms with Crippen molar-refractivity contribution in [3.8, 4) is 0 Å². The van der Waals surface area contributed by atoms with Gasteiger partial charge in [0.15, 0.2) is 5.96 Å². The van der Waals surface area contributed by atoms with E-state index in [0.717, 1.165) is 37.5 Å². The molecule has 1 aromatic rings. The Bertz CT molecular complexity index is 597. The van der Waals surface area contributed by atoms with Crippen LogP contribution >= 0.6 is 24.0 Å². The summed E-state index contributed by atoms with van der Waals surface area (Å²) in [5.41, 5.74) is 6.22. The van der Waals surface area contributed by atoms with E-state index >= 15 is 0 Å². The minimum absolute atomic E-state index is 0. The highest BCUT2D eigenvalue weighted by Gasteiger charge is 2.24. The number of benzene rings is 1. The quantitative estimate of drug-likeness (QED) is 0.374. The van der Waals surface area contributed by atoms with Gasteiger partial charge in [-0.15, -0.1) is 24.0 Å². The first kappa shape index (κ1) is 22.6. The lowest BCUT2D eigenvalue weighted by Gasteiger charge is -2.35. The number of primary amides is 1. The van der Waals surface area contributed by atoms with E-state index in [9.17, 15) is 9.18 Å². The smallest absolute Gasteiger partial charge is 0.217 e. The van der Waals surface area contributed by atoms with Gasteiger partial charge in [0.1, 0.15) is 5.82 Å². The van der Waals surface area contributed by atoms with Gasteiger partial charge in [-0.3, -0.25) is 9.79 Å². The number of methoxy groups -OCH3 is 1. The van der Waals surface area contributed by atoms with Gasteiger partial charge in [-0.2, -0.15) is 0 Å². The lowest BCUT2D eigenvalue weighted by molar-refractivity contribution is -0.119. The first-order chi connectivity index (χ1) is 12.0. The molecule has 0 spiro atoms. The van der Waals surface area contributed by atoms with Gasteiger partial charge in [-0.05, 0) is 36.5 Å². The van der Waals surface area contributed by atoms with Gasteiger partial charge in [0.05, 0.1) is 6.10 Å². The first-order valence-electron chi connectivity index (χ1n) is 8.55. The lowest BCUT2D eigenvalue weighted by Crippen LogP contribution is -2.48. The number of likely N-dealkylation sites (tertiary alicyclic amines) is 1. The third-order valence-corrected chi connectivity index (χ3v) is 4.49. The maximum atomic E-state index is 13.1. The summed E-state index contributed by atoms with van der Waals surface area (Å²) >= 11 is 0. The molecule has 26 heavy (non-hydrogen) atoms. The third kappa shape index (κ3) is 6.71. The van der Waals surface area contributed by atoms with E-state index in [4.69, 9.17) is 10.5 Å². The number of nitrogens with one attached hydrogen (secondary N) is 1. The summed E-state index contributed by atoms with van der Waals surface area (Å²) < 4.78 is 18.6. The summed E-state index contributed by atoms with van der Waals surface area (Å²) in [5.74, 6) is 0.514. The number of guanidine groups is 1. The average Bonchev–Trinajstić information content (AvgIpc) is 2.60. The fourth-order valence-corrected chi connectivity index (χ4v) is 3.24. The molecule has 146 valence electrons. The lowest BCUT2D eigenvalue weighted by atomic mass is 9.95. The number of carbonyl (C=O) groups excluding carboxylic acids is 1. The molecule has 0 bridgehead atoms. The second-order valence-electron chi connectivity index (χ2n) is 6.33. The average molecular weight is 478 g/mol. The van der Waals surface area contributed by atoms with Crippen molar-refractivity contribution in [2.45, 2.75) is 25.4 Å². The number of ether oxygens (including phenoxy) is 1. The number of piperidine rings is 1. The Hall–Kier alpha value is -1.42. The predicted octanol–water partition coefficient (Wildman–Crippen LogP) is 2.29. The van der Waals surface area contributed by atoms with Crippen LogP contribution in [0.25, 0.3) is 0 Å². The maximum absolute atomic E-state index is 13.1. The third-order valence-electron chi connectivity index (χ3n) is 4.49. The molecule has 0 radical (unpaired) electrons. The van der Waals surface area contributed by atoms with Crippen LogP contribution in [0.15, 0.2) is 29.3 Å². The molecule has 1 aromatic carbocycles. The normalized spacial score (nSPS) is 18.8. The fraction of sp³-hybridized carbons (Fsp3) is 0.556. The number of hydrogen-bond acceptors (Lipinski definition) is 3. The minimum Gasteiger partial charge on any atom is -0.375 e. The van der Waals surface area contributed by atoms with Crippen LogP contribution in [0.4, 0.5) is 4.39 Å². The Morgan fingerprint density at radius 1 is 1.46 bits per heavy atom. The monoisotopic (exact) mass is 478 g/mol. The number of carbonyl (C=O) groups is 1. The number of nitrogens with zero attached hydrogens (tertiary/aromatic N) is 2. The molecule has 1 fully saturated rings. The Balaban J connectivity index is 0.00000338. The fourth-order valence-electron chi connectivity index (χ4n) is 3.24. The van der Waals surface area contributed by atoms with Crippen molar-refractivity contribution < 1.29 is 13.9 Å².